The highest BCUT2D eigenvalue weighted by Gasteiger charge is 2.32. The molecular weight excluding hydrogens is 222 g/mol. The molecule has 1 saturated heterocycles. The molecule has 92 valence electrons. The van der Waals surface area contributed by atoms with Crippen LogP contribution in [-0.4, -0.2) is 42.0 Å². The van der Waals surface area contributed by atoms with E-state index in [9.17, 15) is 4.79 Å². The third kappa shape index (κ3) is 3.15. The number of thiocarbonyl (C=S) groups is 1. The van der Waals surface area contributed by atoms with Gasteiger partial charge in [0.2, 0.25) is 5.91 Å². The van der Waals surface area contributed by atoms with Crippen molar-refractivity contribution in [1.29, 1.82) is 0 Å². The molecule has 1 rings (SSSR count). The number of likely N-dealkylation sites (tertiary alicyclic amines) is 1. The summed E-state index contributed by atoms with van der Waals surface area (Å²) < 4.78 is 0. The number of nitrogens with two attached hydrogens (primary N) is 1. The molecule has 0 bridgehead atoms. The maximum absolute atomic E-state index is 12.0. The fourth-order valence-electron chi connectivity index (χ4n) is 1.63. The van der Waals surface area contributed by atoms with E-state index in [1.807, 2.05) is 0 Å². The lowest BCUT2D eigenvalue weighted by Crippen LogP contribution is -2.51. The number of nitrogens with one attached hydrogen (secondary N) is 1. The van der Waals surface area contributed by atoms with Crippen molar-refractivity contribution in [2.45, 2.75) is 32.7 Å². The minimum absolute atomic E-state index is 0.0606. The third-order valence-corrected chi connectivity index (χ3v) is 3.75. The molecule has 0 atom stereocenters. The van der Waals surface area contributed by atoms with Crippen molar-refractivity contribution in [2.24, 2.45) is 11.1 Å². The number of rotatable bonds is 3. The van der Waals surface area contributed by atoms with Gasteiger partial charge in [0.05, 0.1) is 10.4 Å². The number of hydrogen-bond acceptors (Lipinski definition) is 3. The molecule has 1 aliphatic rings. The summed E-state index contributed by atoms with van der Waals surface area (Å²) in [6.07, 6.45) is 1.99. The molecule has 3 N–H and O–H groups in total. The van der Waals surface area contributed by atoms with Crippen molar-refractivity contribution < 1.29 is 4.79 Å². The first-order valence-electron chi connectivity index (χ1n) is 5.63. The van der Waals surface area contributed by atoms with Crippen molar-refractivity contribution in [1.82, 2.24) is 10.2 Å². The highest BCUT2D eigenvalue weighted by Crippen LogP contribution is 2.17. The standard InChI is InChI=1S/C11H21N3OS/c1-11(2,9(12)16)10(15)13-8-4-6-14(3)7-5-8/h8H,4-7H2,1-3H3,(H2,12,16)(H,13,15). The Morgan fingerprint density at radius 1 is 1.44 bits per heavy atom. The number of carbonyl (C=O) groups is 1. The Labute approximate surface area is 103 Å². The maximum atomic E-state index is 12.0. The lowest BCUT2D eigenvalue weighted by Gasteiger charge is -2.32. The van der Waals surface area contributed by atoms with Crippen LogP contribution in [0.1, 0.15) is 26.7 Å². The molecule has 0 spiro atoms. The summed E-state index contributed by atoms with van der Waals surface area (Å²) in [6.45, 7) is 5.58. The highest BCUT2D eigenvalue weighted by atomic mass is 32.1. The minimum atomic E-state index is -0.751. The van der Waals surface area contributed by atoms with Gasteiger partial charge in [-0.15, -0.1) is 0 Å². The Kier molecular flexibility index (Phi) is 4.27. The molecule has 16 heavy (non-hydrogen) atoms. The van der Waals surface area contributed by atoms with Crippen LogP contribution >= 0.6 is 12.2 Å². The van der Waals surface area contributed by atoms with Gasteiger partial charge in [0.1, 0.15) is 0 Å². The minimum Gasteiger partial charge on any atom is -0.392 e. The Morgan fingerprint density at radius 2 is 1.94 bits per heavy atom. The second-order valence-corrected chi connectivity index (χ2v) is 5.48. The van der Waals surface area contributed by atoms with Crippen LogP contribution in [0, 0.1) is 5.41 Å². The first-order chi connectivity index (χ1) is 7.34. The van der Waals surface area contributed by atoms with Gasteiger partial charge in [0.25, 0.3) is 0 Å². The van der Waals surface area contributed by atoms with E-state index in [1.165, 1.54) is 0 Å². The van der Waals surface area contributed by atoms with Crippen molar-refractivity contribution in [3.63, 3.8) is 0 Å². The van der Waals surface area contributed by atoms with Crippen LogP contribution in [0.4, 0.5) is 0 Å². The molecule has 0 aromatic carbocycles. The van der Waals surface area contributed by atoms with Gasteiger partial charge >= 0.3 is 0 Å². The van der Waals surface area contributed by atoms with Crippen LogP contribution in [0.2, 0.25) is 0 Å². The van der Waals surface area contributed by atoms with Crippen LogP contribution in [0.25, 0.3) is 0 Å². The Morgan fingerprint density at radius 3 is 2.38 bits per heavy atom. The predicted octanol–water partition coefficient (Wildman–Crippen LogP) is 0.509. The largest absolute Gasteiger partial charge is 0.392 e. The molecule has 1 heterocycles. The average Bonchev–Trinajstić information content (AvgIpc) is 2.21. The van der Waals surface area contributed by atoms with Crippen LogP contribution in [0.5, 0.6) is 0 Å². The van der Waals surface area contributed by atoms with Crippen LogP contribution in [0.3, 0.4) is 0 Å². The Balaban J connectivity index is 2.49. The molecule has 0 unspecified atom stereocenters. The van der Waals surface area contributed by atoms with E-state index in [0.29, 0.717) is 0 Å². The number of amides is 1. The number of carbonyl (C=O) groups excluding carboxylic acids is 1. The maximum Gasteiger partial charge on any atom is 0.232 e. The summed E-state index contributed by atoms with van der Waals surface area (Å²) in [6, 6.07) is 0.261. The van der Waals surface area contributed by atoms with E-state index in [2.05, 4.69) is 17.3 Å². The molecule has 1 amide bonds. The molecule has 0 saturated carbocycles. The van der Waals surface area contributed by atoms with Gasteiger partial charge in [-0.1, -0.05) is 12.2 Å². The van der Waals surface area contributed by atoms with Crippen LogP contribution in [0.15, 0.2) is 0 Å². The Bertz CT molecular complexity index is 283. The van der Waals surface area contributed by atoms with Gasteiger partial charge in [-0.2, -0.15) is 0 Å². The lowest BCUT2D eigenvalue weighted by atomic mass is 9.91. The van der Waals surface area contributed by atoms with Gasteiger partial charge in [-0.3, -0.25) is 4.79 Å². The van der Waals surface area contributed by atoms with Gasteiger partial charge in [0, 0.05) is 6.04 Å². The van der Waals surface area contributed by atoms with E-state index >= 15 is 0 Å². The fraction of sp³-hybridized carbons (Fsp3) is 0.818. The smallest absolute Gasteiger partial charge is 0.232 e. The average molecular weight is 243 g/mol. The summed E-state index contributed by atoms with van der Waals surface area (Å²) in [5, 5.41) is 3.03. The molecular formula is C11H21N3OS. The molecule has 1 fully saturated rings. The monoisotopic (exact) mass is 243 g/mol. The molecule has 1 aliphatic heterocycles. The third-order valence-electron chi connectivity index (χ3n) is 3.24. The summed E-state index contributed by atoms with van der Waals surface area (Å²) in [5.41, 5.74) is 4.81. The van der Waals surface area contributed by atoms with E-state index in [0.717, 1.165) is 25.9 Å². The quantitative estimate of drug-likeness (QED) is 0.709. The Hall–Kier alpha value is -0.680. The van der Waals surface area contributed by atoms with Crippen LogP contribution < -0.4 is 11.1 Å². The van der Waals surface area contributed by atoms with Gasteiger partial charge in [0.15, 0.2) is 0 Å². The van der Waals surface area contributed by atoms with E-state index in [4.69, 9.17) is 18.0 Å². The van der Waals surface area contributed by atoms with Crippen LogP contribution in [-0.2, 0) is 4.79 Å². The summed E-state index contributed by atoms with van der Waals surface area (Å²) >= 11 is 4.90. The summed E-state index contributed by atoms with van der Waals surface area (Å²) in [7, 11) is 2.09. The van der Waals surface area contributed by atoms with E-state index < -0.39 is 5.41 Å². The van der Waals surface area contributed by atoms with Gasteiger partial charge < -0.3 is 16.0 Å². The summed E-state index contributed by atoms with van der Waals surface area (Å²) in [5.74, 6) is -0.0606. The SMILES string of the molecule is CN1CCC(NC(=O)C(C)(C)C(N)=S)CC1. The molecule has 4 nitrogen and oxygen atoms in total. The topological polar surface area (TPSA) is 58.4 Å². The first kappa shape index (κ1) is 13.4. The van der Waals surface area contributed by atoms with E-state index in [1.54, 1.807) is 13.8 Å². The molecule has 0 radical (unpaired) electrons. The number of hydrogen-bond donors (Lipinski definition) is 2. The van der Waals surface area contributed by atoms with E-state index in [-0.39, 0.29) is 16.9 Å². The van der Waals surface area contributed by atoms with Crippen molar-refractivity contribution >= 4 is 23.1 Å². The zero-order valence-electron chi connectivity index (χ0n) is 10.2. The van der Waals surface area contributed by atoms with Gasteiger partial charge in [-0.05, 0) is 46.8 Å². The second-order valence-electron chi connectivity index (χ2n) is 5.04. The number of piperidine rings is 1. The summed E-state index contributed by atoms with van der Waals surface area (Å²) in [4.78, 5) is 14.5. The molecule has 0 aromatic heterocycles. The fourth-order valence-corrected chi connectivity index (χ4v) is 1.72. The zero-order chi connectivity index (χ0) is 12.3. The second kappa shape index (κ2) is 5.10. The predicted molar refractivity (Wildman–Crippen MR) is 69.2 cm³/mol. The first-order valence-corrected chi connectivity index (χ1v) is 6.04. The van der Waals surface area contributed by atoms with Crippen molar-refractivity contribution in [2.75, 3.05) is 20.1 Å². The zero-order valence-corrected chi connectivity index (χ0v) is 11.1. The molecule has 5 heteroatoms. The molecule has 0 aliphatic carbocycles. The highest BCUT2D eigenvalue weighted by molar-refractivity contribution is 7.80. The normalized spacial score (nSPS) is 19.4. The lowest BCUT2D eigenvalue weighted by molar-refractivity contribution is -0.127. The van der Waals surface area contributed by atoms with Crippen molar-refractivity contribution in [3.8, 4) is 0 Å². The number of nitrogens with zero attached hydrogens (tertiary/aromatic N) is 1. The van der Waals surface area contributed by atoms with Gasteiger partial charge in [-0.25, -0.2) is 0 Å². The van der Waals surface area contributed by atoms with Crippen molar-refractivity contribution in [3.05, 3.63) is 0 Å². The molecule has 0 aromatic rings.